The molecule has 0 radical (unpaired) electrons. The topological polar surface area (TPSA) is 63.6 Å². The number of nitrogens with one attached hydrogen (secondary N) is 1. The Morgan fingerprint density at radius 1 is 1.29 bits per heavy atom. The Morgan fingerprint density at radius 2 is 2.10 bits per heavy atom. The molecule has 0 saturated carbocycles. The van der Waals surface area contributed by atoms with Crippen molar-refractivity contribution in [3.63, 3.8) is 0 Å². The van der Waals surface area contributed by atoms with E-state index in [1.807, 2.05) is 0 Å². The molecule has 1 aromatic carbocycles. The maximum absolute atomic E-state index is 10.3. The number of hydrogen-bond acceptors (Lipinski definition) is 5. The Labute approximate surface area is 128 Å². The molecule has 0 aliphatic carbocycles. The van der Waals surface area contributed by atoms with Crippen LogP contribution in [0.15, 0.2) is 36.7 Å². The minimum absolute atomic E-state index is 0.285. The lowest BCUT2D eigenvalue weighted by molar-refractivity contribution is 0.186. The van der Waals surface area contributed by atoms with Gasteiger partial charge in [0.05, 0.1) is 31.0 Å². The van der Waals surface area contributed by atoms with Gasteiger partial charge in [0, 0.05) is 24.5 Å². The predicted molar refractivity (Wildman–Crippen MR) is 82.2 cm³/mol. The number of benzene rings is 1. The van der Waals surface area contributed by atoms with E-state index in [1.54, 1.807) is 50.9 Å². The zero-order valence-electron chi connectivity index (χ0n) is 11.8. The third-order valence-electron chi connectivity index (χ3n) is 3.05. The fourth-order valence-electron chi connectivity index (χ4n) is 1.93. The van der Waals surface area contributed by atoms with Crippen molar-refractivity contribution in [3.8, 4) is 11.5 Å². The van der Waals surface area contributed by atoms with Gasteiger partial charge in [-0.15, -0.1) is 0 Å². The van der Waals surface area contributed by atoms with Crippen LogP contribution in [0.4, 0.5) is 5.69 Å². The van der Waals surface area contributed by atoms with Gasteiger partial charge >= 0.3 is 0 Å². The lowest BCUT2D eigenvalue weighted by Crippen LogP contribution is -2.13. The maximum atomic E-state index is 10.3. The summed E-state index contributed by atoms with van der Waals surface area (Å²) in [5.74, 6) is 1.26. The Kier molecular flexibility index (Phi) is 5.25. The third kappa shape index (κ3) is 3.77. The average Bonchev–Trinajstić information content (AvgIpc) is 2.53. The molecule has 2 aromatic rings. The van der Waals surface area contributed by atoms with E-state index in [-0.39, 0.29) is 6.54 Å². The summed E-state index contributed by atoms with van der Waals surface area (Å²) in [7, 11) is 3.14. The molecule has 1 atom stereocenters. The average molecular weight is 309 g/mol. The van der Waals surface area contributed by atoms with Crippen molar-refractivity contribution in [1.82, 2.24) is 4.98 Å². The summed E-state index contributed by atoms with van der Waals surface area (Å²) in [5, 5.41) is 13.9. The van der Waals surface area contributed by atoms with Gasteiger partial charge in [0.25, 0.3) is 0 Å². The molecule has 0 amide bonds. The van der Waals surface area contributed by atoms with Gasteiger partial charge in [-0.1, -0.05) is 11.6 Å². The Morgan fingerprint density at radius 3 is 2.76 bits per heavy atom. The van der Waals surface area contributed by atoms with Crippen molar-refractivity contribution >= 4 is 17.3 Å². The third-order valence-corrected chi connectivity index (χ3v) is 3.36. The summed E-state index contributed by atoms with van der Waals surface area (Å²) in [6.45, 7) is 0.285. The molecule has 0 spiro atoms. The van der Waals surface area contributed by atoms with Crippen molar-refractivity contribution in [2.45, 2.75) is 6.10 Å². The number of rotatable bonds is 6. The number of ether oxygens (including phenoxy) is 2. The number of aromatic nitrogens is 1. The molecule has 0 fully saturated rings. The van der Waals surface area contributed by atoms with Crippen LogP contribution in [0.25, 0.3) is 0 Å². The van der Waals surface area contributed by atoms with Gasteiger partial charge in [0.2, 0.25) is 0 Å². The Bertz CT molecular complexity index is 607. The summed E-state index contributed by atoms with van der Waals surface area (Å²) in [6.07, 6.45) is 2.41. The van der Waals surface area contributed by atoms with Gasteiger partial charge in [-0.05, 0) is 24.3 Å². The van der Waals surface area contributed by atoms with Gasteiger partial charge in [-0.2, -0.15) is 0 Å². The molecule has 0 saturated heterocycles. The molecular formula is C15H17ClN2O3. The van der Waals surface area contributed by atoms with Crippen molar-refractivity contribution in [1.29, 1.82) is 0 Å². The minimum Gasteiger partial charge on any atom is -0.497 e. The van der Waals surface area contributed by atoms with E-state index in [9.17, 15) is 5.11 Å². The van der Waals surface area contributed by atoms with Gasteiger partial charge in [-0.25, -0.2) is 0 Å². The van der Waals surface area contributed by atoms with Gasteiger partial charge in [-0.3, -0.25) is 4.98 Å². The minimum atomic E-state index is -0.765. The maximum Gasteiger partial charge on any atom is 0.124 e. The van der Waals surface area contributed by atoms with E-state index in [4.69, 9.17) is 21.1 Å². The van der Waals surface area contributed by atoms with E-state index in [0.717, 1.165) is 0 Å². The molecule has 2 N–H and O–H groups in total. The van der Waals surface area contributed by atoms with Gasteiger partial charge in [0.1, 0.15) is 11.5 Å². The standard InChI is InChI=1S/C15H17ClN2O3/c1-20-10-3-4-15(21-2)11(7-10)14(19)9-18-13-5-6-17-8-12(13)16/h3-8,14,19H,9H2,1-2H3,(H,17,18). The number of aliphatic hydroxyl groups is 1. The summed E-state index contributed by atoms with van der Waals surface area (Å²) >= 11 is 6.01. The second kappa shape index (κ2) is 7.15. The molecule has 21 heavy (non-hydrogen) atoms. The van der Waals surface area contributed by atoms with Crippen LogP contribution in [0, 0.1) is 0 Å². The van der Waals surface area contributed by atoms with Crippen LogP contribution in [-0.2, 0) is 0 Å². The van der Waals surface area contributed by atoms with Crippen molar-refractivity contribution in [2.75, 3.05) is 26.1 Å². The largest absolute Gasteiger partial charge is 0.497 e. The number of anilines is 1. The van der Waals surface area contributed by atoms with E-state index in [0.29, 0.717) is 27.8 Å². The number of aliphatic hydroxyl groups excluding tert-OH is 1. The SMILES string of the molecule is COc1ccc(OC)c(C(O)CNc2ccncc2Cl)c1. The molecular weight excluding hydrogens is 292 g/mol. The highest BCUT2D eigenvalue weighted by Gasteiger charge is 2.15. The van der Waals surface area contributed by atoms with Gasteiger partial charge < -0.3 is 19.9 Å². The second-order valence-electron chi connectivity index (χ2n) is 4.36. The molecule has 112 valence electrons. The van der Waals surface area contributed by atoms with Crippen LogP contribution in [0.3, 0.4) is 0 Å². The van der Waals surface area contributed by atoms with Crippen LogP contribution in [0.1, 0.15) is 11.7 Å². The first-order valence-corrected chi connectivity index (χ1v) is 6.77. The number of methoxy groups -OCH3 is 2. The zero-order chi connectivity index (χ0) is 15.2. The molecule has 2 rings (SSSR count). The van der Waals surface area contributed by atoms with E-state index in [1.165, 1.54) is 0 Å². The number of pyridine rings is 1. The van der Waals surface area contributed by atoms with Crippen LogP contribution in [-0.4, -0.2) is 30.9 Å². The quantitative estimate of drug-likeness (QED) is 0.859. The fraction of sp³-hybridized carbons (Fsp3) is 0.267. The smallest absolute Gasteiger partial charge is 0.124 e. The first-order chi connectivity index (χ1) is 10.2. The normalized spacial score (nSPS) is 11.8. The first-order valence-electron chi connectivity index (χ1n) is 6.39. The summed E-state index contributed by atoms with van der Waals surface area (Å²) < 4.78 is 10.4. The predicted octanol–water partition coefficient (Wildman–Crippen LogP) is 2.90. The summed E-state index contributed by atoms with van der Waals surface area (Å²) in [6, 6.07) is 7.04. The summed E-state index contributed by atoms with van der Waals surface area (Å²) in [4.78, 5) is 3.91. The van der Waals surface area contributed by atoms with Crippen LogP contribution in [0.2, 0.25) is 5.02 Å². The summed E-state index contributed by atoms with van der Waals surface area (Å²) in [5.41, 5.74) is 1.36. The van der Waals surface area contributed by atoms with Crippen LogP contribution in [0.5, 0.6) is 11.5 Å². The van der Waals surface area contributed by atoms with E-state index < -0.39 is 6.10 Å². The fourth-order valence-corrected chi connectivity index (χ4v) is 2.12. The van der Waals surface area contributed by atoms with Gasteiger partial charge in [0.15, 0.2) is 0 Å². The zero-order valence-corrected chi connectivity index (χ0v) is 12.6. The number of hydrogen-bond donors (Lipinski definition) is 2. The lowest BCUT2D eigenvalue weighted by Gasteiger charge is -2.17. The molecule has 1 heterocycles. The van der Waals surface area contributed by atoms with Crippen molar-refractivity contribution in [3.05, 3.63) is 47.2 Å². The molecule has 0 aliphatic heterocycles. The highest BCUT2D eigenvalue weighted by Crippen LogP contribution is 2.30. The molecule has 5 nitrogen and oxygen atoms in total. The molecule has 0 bridgehead atoms. The number of nitrogens with zero attached hydrogens (tertiary/aromatic N) is 1. The van der Waals surface area contributed by atoms with Crippen molar-refractivity contribution in [2.24, 2.45) is 0 Å². The molecule has 1 unspecified atom stereocenters. The van der Waals surface area contributed by atoms with E-state index in [2.05, 4.69) is 10.3 Å². The second-order valence-corrected chi connectivity index (χ2v) is 4.77. The molecule has 6 heteroatoms. The molecule has 1 aromatic heterocycles. The highest BCUT2D eigenvalue weighted by atomic mass is 35.5. The van der Waals surface area contributed by atoms with E-state index >= 15 is 0 Å². The van der Waals surface area contributed by atoms with Crippen LogP contribution >= 0.6 is 11.6 Å². The first kappa shape index (κ1) is 15.4. The highest BCUT2D eigenvalue weighted by molar-refractivity contribution is 6.33. The lowest BCUT2D eigenvalue weighted by atomic mass is 10.1. The number of halogens is 1. The Hall–Kier alpha value is -1.98. The van der Waals surface area contributed by atoms with Crippen molar-refractivity contribution < 1.29 is 14.6 Å². The Balaban J connectivity index is 2.13. The molecule has 0 aliphatic rings. The van der Waals surface area contributed by atoms with Crippen LogP contribution < -0.4 is 14.8 Å². The monoisotopic (exact) mass is 308 g/mol.